The Kier molecular flexibility index (Phi) is 71.4. The lowest BCUT2D eigenvalue weighted by molar-refractivity contribution is -0.167. The van der Waals surface area contributed by atoms with Gasteiger partial charge in [-0.15, -0.1) is 0 Å². The van der Waals surface area contributed by atoms with Crippen molar-refractivity contribution in [3.8, 4) is 0 Å². The van der Waals surface area contributed by atoms with Crippen LogP contribution >= 0.6 is 0 Å². The molecule has 5 unspecified atom stereocenters. The van der Waals surface area contributed by atoms with Crippen molar-refractivity contribution in [2.45, 2.75) is 562 Å². The first-order valence-corrected chi connectivity index (χ1v) is 53.5. The van der Waals surface area contributed by atoms with Crippen molar-refractivity contribution >= 4 is 53.7 Å². The predicted octanol–water partition coefficient (Wildman–Crippen LogP) is 32.5. The Bertz CT molecular complexity index is 2950. The van der Waals surface area contributed by atoms with Gasteiger partial charge in [0.05, 0.1) is 68.6 Å². The number of ether oxygens (including phenoxy) is 9. The van der Waals surface area contributed by atoms with E-state index in [1.54, 1.807) is 0 Å². The average molecular weight is 1900 g/mol. The number of hydrogen-bond donors (Lipinski definition) is 0. The van der Waals surface area contributed by atoms with Gasteiger partial charge in [0.25, 0.3) is 0 Å². The highest BCUT2D eigenvalue weighted by atomic mass is 16.6. The predicted molar refractivity (Wildman–Crippen MR) is 558 cm³/mol. The Morgan fingerprint density at radius 1 is 0.308 bits per heavy atom. The third kappa shape index (κ3) is 61.4. The average Bonchev–Trinajstić information content (AvgIpc) is 0.815. The monoisotopic (exact) mass is 1890 g/mol. The van der Waals surface area contributed by atoms with Crippen molar-refractivity contribution in [2.75, 3.05) is 19.8 Å². The maximum atomic E-state index is 12.1. The van der Waals surface area contributed by atoms with Crippen LogP contribution in [0.1, 0.15) is 525 Å². The number of carbonyl (C=O) groups is 9. The van der Waals surface area contributed by atoms with Crippen molar-refractivity contribution in [1.29, 1.82) is 0 Å². The quantitative estimate of drug-likeness (QED) is 0.0408. The van der Waals surface area contributed by atoms with E-state index < -0.39 is 0 Å². The van der Waals surface area contributed by atoms with Crippen molar-refractivity contribution in [2.24, 2.45) is 107 Å². The summed E-state index contributed by atoms with van der Waals surface area (Å²) in [5, 5.41) is 0. The van der Waals surface area contributed by atoms with Gasteiger partial charge in [0.1, 0.15) is 36.6 Å². The summed E-state index contributed by atoms with van der Waals surface area (Å²) in [6.07, 6.45) is 32.5. The summed E-state index contributed by atoms with van der Waals surface area (Å²) in [6.45, 7) is 99.3. The van der Waals surface area contributed by atoms with Gasteiger partial charge in [0, 0.05) is 0 Å². The molecule has 0 aromatic heterocycles. The molecular formula is C115H224O18. The molecule has 0 aliphatic heterocycles. The largest absolute Gasteiger partial charge is 0.465 e. The normalized spacial score (nSPS) is 16.5. The van der Waals surface area contributed by atoms with Gasteiger partial charge in [-0.25, -0.2) is 0 Å². The second-order valence-corrected chi connectivity index (χ2v) is 48.4. The molecule has 18 nitrogen and oxygen atoms in total. The summed E-state index contributed by atoms with van der Waals surface area (Å²) in [4.78, 5) is 106. The molecule has 3 aliphatic rings. The first kappa shape index (κ1) is 139. The molecule has 0 N–H and O–H groups in total. The van der Waals surface area contributed by atoms with Crippen molar-refractivity contribution in [1.82, 2.24) is 0 Å². The highest BCUT2D eigenvalue weighted by Crippen LogP contribution is 2.41. The van der Waals surface area contributed by atoms with Gasteiger partial charge >= 0.3 is 53.7 Å². The van der Waals surface area contributed by atoms with E-state index in [-0.39, 0.29) is 144 Å². The summed E-state index contributed by atoms with van der Waals surface area (Å²) in [7, 11) is 0. The second kappa shape index (κ2) is 68.3. The standard InChI is InChI=1S/C15H28O2.2C14H28O2.2C13H26O2.2C12H22O2.C12H24O2.C10H20O2/c1-7-15(5,6)13(16)17-12-10-14(3,4)9-8-11(12)2;2*1-6-9-10-12(7-2)11-16-13(15)14(4,5)8-3;2*1-8-13(6,7)12(14)15-11(9(2)3)10(4)5;2*1-4-12(2,3)11(13)14-10-8-6-5-7-9-10;1-8-12(6,7)10(13)14-9(2)11(3,4)5;1-6-10(4,5)9(11)12-7-8(2)3/h11-12H,7-10H2,1-6H3;2*12H,6-11H2,1-5H3;2*9-11H,8H2,1-7H3;2*10H,4-9H2,1-3H3;9H,8H2,1-7H3;8H,6-7H2,1-5H3. The number of hydrogen-bond acceptors (Lipinski definition) is 18. The van der Waals surface area contributed by atoms with Crippen molar-refractivity contribution in [3.63, 3.8) is 0 Å². The maximum absolute atomic E-state index is 12.1. The SMILES string of the molecule is CCC(C)(C)C(=O)OC(C(C)C)C(C)C.CCC(C)(C)C(=O)OC(C(C)C)C(C)C.CCC(C)(C)C(=O)OC(C)C(C)(C)C.CCC(C)(C)C(=O)OC1CC(C)(C)CCC1C.CCC(C)(C)C(=O)OC1CCCCC1.CCC(C)(C)C(=O)OC1CCCCC1.CCC(C)(C)C(=O)OCC(C)C.CCCCC(CC)COC(=O)C(C)(C)CC.CCCCC(CC)COC(=O)C(C)(C)CC. The van der Waals surface area contributed by atoms with E-state index in [9.17, 15) is 43.2 Å². The Labute approximate surface area is 823 Å². The molecule has 5 atom stereocenters. The molecule has 0 aromatic rings. The molecule has 0 saturated heterocycles. The lowest BCUT2D eigenvalue weighted by Gasteiger charge is -2.39. The van der Waals surface area contributed by atoms with Crippen LogP contribution in [0.3, 0.4) is 0 Å². The van der Waals surface area contributed by atoms with Crippen molar-refractivity contribution < 1.29 is 85.8 Å². The van der Waals surface area contributed by atoms with Gasteiger partial charge in [-0.2, -0.15) is 0 Å². The van der Waals surface area contributed by atoms with Gasteiger partial charge in [-0.05, 0) is 331 Å². The van der Waals surface area contributed by atoms with Gasteiger partial charge in [-0.3, -0.25) is 43.2 Å². The summed E-state index contributed by atoms with van der Waals surface area (Å²) in [6, 6.07) is 0. The second-order valence-electron chi connectivity index (χ2n) is 48.4. The summed E-state index contributed by atoms with van der Waals surface area (Å²) in [5.74, 6) is 3.00. The lowest BCUT2D eigenvalue weighted by Crippen LogP contribution is -2.39. The fraction of sp³-hybridized carbons (Fsp3) is 0.922. The zero-order chi connectivity index (χ0) is 105. The van der Waals surface area contributed by atoms with E-state index in [1.807, 2.05) is 208 Å². The lowest BCUT2D eigenvalue weighted by atomic mass is 9.72. The van der Waals surface area contributed by atoms with Gasteiger partial charge in [0.15, 0.2) is 0 Å². The van der Waals surface area contributed by atoms with Gasteiger partial charge in [-0.1, -0.05) is 252 Å². The number of rotatable bonds is 42. The smallest absolute Gasteiger partial charge is 0.311 e. The highest BCUT2D eigenvalue weighted by molar-refractivity contribution is 5.79. The van der Waals surface area contributed by atoms with E-state index in [4.69, 9.17) is 42.6 Å². The molecule has 3 aliphatic carbocycles. The molecule has 18 heteroatoms. The number of carbonyl (C=O) groups excluding carboxylic acids is 9. The molecule has 133 heavy (non-hydrogen) atoms. The molecule has 0 spiro atoms. The molecular weight excluding hydrogens is 1670 g/mol. The van der Waals surface area contributed by atoms with Crippen LogP contribution in [0.25, 0.3) is 0 Å². The maximum Gasteiger partial charge on any atom is 0.311 e. The Balaban J connectivity index is -0.000000342. The third-order valence-electron chi connectivity index (χ3n) is 28.7. The van der Waals surface area contributed by atoms with Gasteiger partial charge < -0.3 is 42.6 Å². The van der Waals surface area contributed by atoms with Crippen LogP contribution < -0.4 is 0 Å². The summed E-state index contributed by atoms with van der Waals surface area (Å²) < 4.78 is 49.3. The summed E-state index contributed by atoms with van der Waals surface area (Å²) in [5.41, 5.74) is -2.70. The minimum atomic E-state index is -0.362. The number of unbranched alkanes of at least 4 members (excludes halogenated alkanes) is 2. The zero-order valence-corrected chi connectivity index (χ0v) is 96.8. The topological polar surface area (TPSA) is 237 Å². The first-order valence-electron chi connectivity index (χ1n) is 53.5. The van der Waals surface area contributed by atoms with Crippen LogP contribution in [0.15, 0.2) is 0 Å². The molecule has 3 rings (SSSR count). The molecule has 0 radical (unpaired) electrons. The molecule has 0 amide bonds. The van der Waals surface area contributed by atoms with Gasteiger partial charge in [0.2, 0.25) is 0 Å². The minimum Gasteiger partial charge on any atom is -0.465 e. The molecule has 3 fully saturated rings. The fourth-order valence-electron chi connectivity index (χ4n) is 12.6. The first-order chi connectivity index (χ1) is 60.7. The highest BCUT2D eigenvalue weighted by Gasteiger charge is 2.41. The molecule has 0 aromatic carbocycles. The van der Waals surface area contributed by atoms with E-state index in [0.717, 1.165) is 109 Å². The van der Waals surface area contributed by atoms with Crippen LogP contribution in [0.4, 0.5) is 0 Å². The van der Waals surface area contributed by atoms with Crippen molar-refractivity contribution in [3.05, 3.63) is 0 Å². The Morgan fingerprint density at radius 2 is 0.549 bits per heavy atom. The Hall–Kier alpha value is -4.77. The van der Waals surface area contributed by atoms with Crippen LogP contribution in [-0.2, 0) is 85.8 Å². The molecule has 3 saturated carbocycles. The number of esters is 9. The third-order valence-corrected chi connectivity index (χ3v) is 28.7. The van der Waals surface area contributed by atoms with E-state index in [1.165, 1.54) is 83.5 Å². The van der Waals surface area contributed by atoms with Crippen LogP contribution in [0, 0.1) is 107 Å². The fourth-order valence-corrected chi connectivity index (χ4v) is 12.6. The minimum absolute atomic E-state index is 0.0134. The van der Waals surface area contributed by atoms with E-state index in [2.05, 4.69) is 125 Å². The molecule has 0 heterocycles. The van der Waals surface area contributed by atoms with E-state index >= 15 is 0 Å². The van der Waals surface area contributed by atoms with E-state index in [0.29, 0.717) is 72.6 Å². The van der Waals surface area contributed by atoms with Crippen LogP contribution in [-0.4, -0.2) is 110 Å². The molecule has 792 valence electrons. The van der Waals surface area contributed by atoms with Crippen LogP contribution in [0.2, 0.25) is 0 Å². The zero-order valence-electron chi connectivity index (χ0n) is 96.8. The van der Waals surface area contributed by atoms with Crippen LogP contribution in [0.5, 0.6) is 0 Å². The Morgan fingerprint density at radius 3 is 0.782 bits per heavy atom. The molecule has 0 bridgehead atoms. The summed E-state index contributed by atoms with van der Waals surface area (Å²) >= 11 is 0.